The van der Waals surface area contributed by atoms with E-state index in [1.165, 1.54) is 0 Å². The first-order valence-corrected chi connectivity index (χ1v) is 6.79. The Morgan fingerprint density at radius 1 is 1.15 bits per heavy atom. The van der Waals surface area contributed by atoms with Gasteiger partial charge in [-0.2, -0.15) is 0 Å². The van der Waals surface area contributed by atoms with Gasteiger partial charge in [-0.15, -0.1) is 0 Å². The fraction of sp³-hybridized carbons (Fsp3) is 0.143. The Labute approximate surface area is 127 Å². The van der Waals surface area contributed by atoms with E-state index in [1.807, 2.05) is 12.1 Å². The molecule has 1 heterocycles. The second-order valence-corrected chi connectivity index (χ2v) is 4.95. The van der Waals surface area contributed by atoms with Gasteiger partial charge in [-0.1, -0.05) is 23.2 Å². The summed E-state index contributed by atoms with van der Waals surface area (Å²) >= 11 is 11.8. The van der Waals surface area contributed by atoms with Gasteiger partial charge in [0.25, 0.3) is 0 Å². The number of pyridine rings is 1. The number of hydrogen-bond donors (Lipinski definition) is 2. The number of carbonyl (C=O) groups is 1. The summed E-state index contributed by atoms with van der Waals surface area (Å²) in [4.78, 5) is 15.6. The summed E-state index contributed by atoms with van der Waals surface area (Å²) in [6.07, 6.45) is 4.19. The third kappa shape index (κ3) is 4.40. The lowest BCUT2D eigenvalue weighted by Crippen LogP contribution is -2.30. The van der Waals surface area contributed by atoms with E-state index in [9.17, 15) is 4.79 Å². The Bertz CT molecular complexity index is 590. The molecule has 2 amide bonds. The summed E-state index contributed by atoms with van der Waals surface area (Å²) in [6, 6.07) is 8.43. The van der Waals surface area contributed by atoms with Crippen LogP contribution in [0.3, 0.4) is 0 Å². The molecule has 104 valence electrons. The molecule has 0 atom stereocenters. The molecule has 2 rings (SSSR count). The second-order valence-electron chi connectivity index (χ2n) is 4.11. The average molecular weight is 310 g/mol. The smallest absolute Gasteiger partial charge is 0.319 e. The van der Waals surface area contributed by atoms with Gasteiger partial charge in [0, 0.05) is 24.0 Å². The summed E-state index contributed by atoms with van der Waals surface area (Å²) < 4.78 is 0. The minimum Gasteiger partial charge on any atom is -0.338 e. The quantitative estimate of drug-likeness (QED) is 0.903. The Kier molecular flexibility index (Phi) is 5.21. The van der Waals surface area contributed by atoms with E-state index in [2.05, 4.69) is 15.6 Å². The number of urea groups is 1. The number of nitrogens with one attached hydrogen (secondary N) is 2. The van der Waals surface area contributed by atoms with Crippen LogP contribution >= 0.6 is 23.2 Å². The number of hydrogen-bond acceptors (Lipinski definition) is 2. The lowest BCUT2D eigenvalue weighted by atomic mass is 10.2. The number of halogens is 2. The zero-order valence-electron chi connectivity index (χ0n) is 10.6. The monoisotopic (exact) mass is 309 g/mol. The predicted molar refractivity (Wildman–Crippen MR) is 81.4 cm³/mol. The highest BCUT2D eigenvalue weighted by Crippen LogP contribution is 2.25. The molecule has 1 aromatic carbocycles. The Morgan fingerprint density at radius 2 is 1.90 bits per heavy atom. The number of benzene rings is 1. The van der Waals surface area contributed by atoms with Crippen LogP contribution in [0.2, 0.25) is 10.0 Å². The van der Waals surface area contributed by atoms with E-state index < -0.39 is 0 Å². The number of nitrogens with zero attached hydrogens (tertiary/aromatic N) is 1. The standard InChI is InChI=1S/C14H13Cl2N3O/c15-11-1-2-13(12(16)9-11)19-14(20)18-8-5-10-3-6-17-7-4-10/h1-4,6-7,9H,5,8H2,(H2,18,19,20). The van der Waals surface area contributed by atoms with Crippen LogP contribution < -0.4 is 10.6 Å². The van der Waals surface area contributed by atoms with Crippen LogP contribution in [0.5, 0.6) is 0 Å². The van der Waals surface area contributed by atoms with E-state index >= 15 is 0 Å². The van der Waals surface area contributed by atoms with Crippen molar-refractivity contribution in [1.29, 1.82) is 0 Å². The normalized spacial score (nSPS) is 10.1. The Balaban J connectivity index is 1.81. The first-order valence-electron chi connectivity index (χ1n) is 6.04. The van der Waals surface area contributed by atoms with Crippen molar-refractivity contribution >= 4 is 34.9 Å². The maximum Gasteiger partial charge on any atom is 0.319 e. The molecular formula is C14H13Cl2N3O. The van der Waals surface area contributed by atoms with Crippen LogP contribution in [-0.4, -0.2) is 17.6 Å². The van der Waals surface area contributed by atoms with Crippen molar-refractivity contribution in [3.8, 4) is 0 Å². The molecule has 20 heavy (non-hydrogen) atoms. The van der Waals surface area contributed by atoms with Crippen LogP contribution in [0.1, 0.15) is 5.56 Å². The molecule has 0 aliphatic heterocycles. The number of aromatic nitrogens is 1. The Morgan fingerprint density at radius 3 is 2.60 bits per heavy atom. The topological polar surface area (TPSA) is 54.0 Å². The van der Waals surface area contributed by atoms with Gasteiger partial charge in [-0.3, -0.25) is 4.98 Å². The minimum atomic E-state index is -0.303. The lowest BCUT2D eigenvalue weighted by Gasteiger charge is -2.09. The van der Waals surface area contributed by atoms with Gasteiger partial charge < -0.3 is 10.6 Å². The summed E-state index contributed by atoms with van der Waals surface area (Å²) in [6.45, 7) is 0.529. The summed E-state index contributed by atoms with van der Waals surface area (Å²) in [7, 11) is 0. The molecule has 0 bridgehead atoms. The van der Waals surface area contributed by atoms with Gasteiger partial charge in [0.15, 0.2) is 0 Å². The van der Waals surface area contributed by atoms with Crippen molar-refractivity contribution in [3.05, 3.63) is 58.3 Å². The molecular weight excluding hydrogens is 297 g/mol. The minimum absolute atomic E-state index is 0.303. The molecule has 6 heteroatoms. The summed E-state index contributed by atoms with van der Waals surface area (Å²) in [5.74, 6) is 0. The molecule has 2 aromatic rings. The highest BCUT2D eigenvalue weighted by Gasteiger charge is 2.05. The van der Waals surface area contributed by atoms with Crippen LogP contribution in [0.15, 0.2) is 42.7 Å². The van der Waals surface area contributed by atoms with Gasteiger partial charge in [-0.25, -0.2) is 4.79 Å². The highest BCUT2D eigenvalue weighted by atomic mass is 35.5. The fourth-order valence-electron chi connectivity index (χ4n) is 1.63. The van der Waals surface area contributed by atoms with Gasteiger partial charge in [0.1, 0.15) is 0 Å². The largest absolute Gasteiger partial charge is 0.338 e. The fourth-order valence-corrected chi connectivity index (χ4v) is 2.08. The molecule has 0 saturated carbocycles. The Hall–Kier alpha value is -1.78. The molecule has 0 aliphatic rings. The van der Waals surface area contributed by atoms with Crippen molar-refractivity contribution in [3.63, 3.8) is 0 Å². The highest BCUT2D eigenvalue weighted by molar-refractivity contribution is 6.36. The molecule has 0 radical (unpaired) electrons. The molecule has 0 fully saturated rings. The van der Waals surface area contributed by atoms with Crippen molar-refractivity contribution < 1.29 is 4.79 Å². The average Bonchev–Trinajstić information content (AvgIpc) is 2.43. The van der Waals surface area contributed by atoms with Crippen molar-refractivity contribution in [1.82, 2.24) is 10.3 Å². The number of anilines is 1. The number of carbonyl (C=O) groups excluding carboxylic acids is 1. The lowest BCUT2D eigenvalue weighted by molar-refractivity contribution is 0.252. The van der Waals surface area contributed by atoms with Crippen LogP contribution in [0.4, 0.5) is 10.5 Å². The maximum atomic E-state index is 11.7. The zero-order valence-corrected chi connectivity index (χ0v) is 12.1. The maximum absolute atomic E-state index is 11.7. The molecule has 2 N–H and O–H groups in total. The van der Waals surface area contributed by atoms with E-state index in [-0.39, 0.29) is 6.03 Å². The van der Waals surface area contributed by atoms with Crippen molar-refractivity contribution in [2.24, 2.45) is 0 Å². The molecule has 0 spiro atoms. The molecule has 0 saturated heterocycles. The summed E-state index contributed by atoms with van der Waals surface area (Å²) in [5, 5.41) is 6.36. The number of rotatable bonds is 4. The van der Waals surface area contributed by atoms with Crippen LogP contribution in [0.25, 0.3) is 0 Å². The van der Waals surface area contributed by atoms with E-state index in [0.29, 0.717) is 22.3 Å². The summed E-state index contributed by atoms with van der Waals surface area (Å²) in [5.41, 5.74) is 1.64. The van der Waals surface area contributed by atoms with Gasteiger partial charge in [0.2, 0.25) is 0 Å². The first kappa shape index (κ1) is 14.6. The van der Waals surface area contributed by atoms with E-state index in [1.54, 1.807) is 30.6 Å². The molecule has 0 unspecified atom stereocenters. The van der Waals surface area contributed by atoms with Crippen molar-refractivity contribution in [2.45, 2.75) is 6.42 Å². The third-order valence-corrected chi connectivity index (χ3v) is 3.18. The van der Waals surface area contributed by atoms with E-state index in [4.69, 9.17) is 23.2 Å². The molecule has 4 nitrogen and oxygen atoms in total. The molecule has 1 aromatic heterocycles. The van der Waals surface area contributed by atoms with Gasteiger partial charge >= 0.3 is 6.03 Å². The third-order valence-electron chi connectivity index (χ3n) is 2.63. The predicted octanol–water partition coefficient (Wildman–Crippen LogP) is 3.75. The zero-order chi connectivity index (χ0) is 14.4. The van der Waals surface area contributed by atoms with Crippen molar-refractivity contribution in [2.75, 3.05) is 11.9 Å². The van der Waals surface area contributed by atoms with Gasteiger partial charge in [0.05, 0.1) is 10.7 Å². The van der Waals surface area contributed by atoms with Gasteiger partial charge in [-0.05, 0) is 42.3 Å². The number of amides is 2. The SMILES string of the molecule is O=C(NCCc1ccncc1)Nc1ccc(Cl)cc1Cl. The van der Waals surface area contributed by atoms with Crippen LogP contribution in [0, 0.1) is 0 Å². The van der Waals surface area contributed by atoms with E-state index in [0.717, 1.165) is 12.0 Å². The first-order chi connectivity index (χ1) is 9.65. The second kappa shape index (κ2) is 7.12. The molecule has 0 aliphatic carbocycles. The van der Waals surface area contributed by atoms with Crippen LogP contribution in [-0.2, 0) is 6.42 Å².